The number of hydrogen-bond donors (Lipinski definition) is 2. The van der Waals surface area contributed by atoms with E-state index in [1.165, 1.54) is 12.8 Å². The van der Waals surface area contributed by atoms with Gasteiger partial charge in [0.15, 0.2) is 0 Å². The van der Waals surface area contributed by atoms with E-state index in [9.17, 15) is 4.79 Å². The molecular formula is C10H20N2OS. The van der Waals surface area contributed by atoms with Crippen LogP contribution in [0.5, 0.6) is 0 Å². The third kappa shape index (κ3) is 5.91. The van der Waals surface area contributed by atoms with Crippen LogP contribution in [0.2, 0.25) is 0 Å². The van der Waals surface area contributed by atoms with E-state index >= 15 is 0 Å². The summed E-state index contributed by atoms with van der Waals surface area (Å²) in [5, 5.41) is 2.82. The topological polar surface area (TPSA) is 55.1 Å². The first-order valence-electron chi connectivity index (χ1n) is 5.16. The van der Waals surface area contributed by atoms with E-state index in [1.807, 2.05) is 0 Å². The van der Waals surface area contributed by atoms with Crippen molar-refractivity contribution in [3.05, 3.63) is 0 Å². The summed E-state index contributed by atoms with van der Waals surface area (Å²) in [6.07, 6.45) is 4.62. The summed E-state index contributed by atoms with van der Waals surface area (Å²) in [5.74, 6) is -0.412. The second-order valence-corrected chi connectivity index (χ2v) is 3.95. The molecule has 0 aliphatic rings. The van der Waals surface area contributed by atoms with Gasteiger partial charge < -0.3 is 11.1 Å². The van der Waals surface area contributed by atoms with Gasteiger partial charge in [0.25, 0.3) is 0 Å². The van der Waals surface area contributed by atoms with Crippen molar-refractivity contribution in [2.45, 2.75) is 39.5 Å². The molecule has 82 valence electrons. The van der Waals surface area contributed by atoms with E-state index in [2.05, 4.69) is 12.2 Å². The highest BCUT2D eigenvalue weighted by Crippen LogP contribution is 1.98. The first-order valence-corrected chi connectivity index (χ1v) is 5.57. The fraction of sp³-hybridized carbons (Fsp3) is 0.800. The van der Waals surface area contributed by atoms with Gasteiger partial charge in [0.2, 0.25) is 5.91 Å². The van der Waals surface area contributed by atoms with Gasteiger partial charge in [-0.1, -0.05) is 38.4 Å². The second kappa shape index (κ2) is 7.74. The van der Waals surface area contributed by atoms with Crippen LogP contribution in [0.25, 0.3) is 0 Å². The molecule has 0 aliphatic heterocycles. The van der Waals surface area contributed by atoms with Crippen LogP contribution in [-0.4, -0.2) is 17.4 Å². The number of nitrogens with one attached hydrogen (secondary N) is 1. The molecule has 4 heteroatoms. The van der Waals surface area contributed by atoms with Crippen molar-refractivity contribution in [3.8, 4) is 0 Å². The predicted molar refractivity (Wildman–Crippen MR) is 63.1 cm³/mol. The van der Waals surface area contributed by atoms with Crippen LogP contribution in [0.15, 0.2) is 0 Å². The third-order valence-corrected chi connectivity index (χ3v) is 2.50. The van der Waals surface area contributed by atoms with E-state index in [4.69, 9.17) is 18.0 Å². The van der Waals surface area contributed by atoms with E-state index in [0.29, 0.717) is 0 Å². The molecule has 0 aromatic rings. The fourth-order valence-corrected chi connectivity index (χ4v) is 1.15. The van der Waals surface area contributed by atoms with Crippen LogP contribution in [-0.2, 0) is 4.79 Å². The number of thiocarbonyl (C=S) groups is 1. The van der Waals surface area contributed by atoms with Crippen molar-refractivity contribution in [1.29, 1.82) is 0 Å². The van der Waals surface area contributed by atoms with Crippen molar-refractivity contribution in [2.75, 3.05) is 6.54 Å². The molecule has 0 saturated heterocycles. The minimum Gasteiger partial charge on any atom is -0.393 e. The average Bonchev–Trinajstić information content (AvgIpc) is 2.16. The van der Waals surface area contributed by atoms with Gasteiger partial charge in [0.05, 0.1) is 10.9 Å². The maximum absolute atomic E-state index is 11.3. The van der Waals surface area contributed by atoms with Gasteiger partial charge >= 0.3 is 0 Å². The maximum atomic E-state index is 11.3. The van der Waals surface area contributed by atoms with Crippen LogP contribution in [0.4, 0.5) is 0 Å². The van der Waals surface area contributed by atoms with Gasteiger partial charge in [-0.3, -0.25) is 4.79 Å². The lowest BCUT2D eigenvalue weighted by atomic mass is 10.1. The Morgan fingerprint density at radius 3 is 2.57 bits per heavy atom. The van der Waals surface area contributed by atoms with Crippen molar-refractivity contribution in [1.82, 2.24) is 5.32 Å². The molecule has 0 rings (SSSR count). The molecule has 1 atom stereocenters. The Balaban J connectivity index is 3.49. The third-order valence-electron chi connectivity index (χ3n) is 2.15. The first kappa shape index (κ1) is 13.4. The lowest BCUT2D eigenvalue weighted by Gasteiger charge is -2.10. The predicted octanol–water partition coefficient (Wildman–Crippen LogP) is 1.61. The highest BCUT2D eigenvalue weighted by atomic mass is 32.1. The van der Waals surface area contributed by atoms with Gasteiger partial charge in [-0.2, -0.15) is 0 Å². The number of nitrogens with two attached hydrogens (primary N) is 1. The van der Waals surface area contributed by atoms with Crippen molar-refractivity contribution >= 4 is 23.1 Å². The summed E-state index contributed by atoms with van der Waals surface area (Å²) >= 11 is 4.73. The molecular weight excluding hydrogens is 196 g/mol. The van der Waals surface area contributed by atoms with E-state index in [1.54, 1.807) is 6.92 Å². The molecule has 0 bridgehead atoms. The quantitative estimate of drug-likeness (QED) is 0.502. The molecule has 0 aromatic carbocycles. The average molecular weight is 216 g/mol. The summed E-state index contributed by atoms with van der Waals surface area (Å²) < 4.78 is 0. The molecule has 0 heterocycles. The Kier molecular flexibility index (Phi) is 7.38. The number of carbonyl (C=O) groups is 1. The zero-order chi connectivity index (χ0) is 11.0. The lowest BCUT2D eigenvalue weighted by molar-refractivity contribution is -0.122. The zero-order valence-corrected chi connectivity index (χ0v) is 9.82. The number of amides is 1. The van der Waals surface area contributed by atoms with Crippen LogP contribution in [0.1, 0.15) is 39.5 Å². The summed E-state index contributed by atoms with van der Waals surface area (Å²) in [5.41, 5.74) is 5.36. The van der Waals surface area contributed by atoms with E-state index in [-0.39, 0.29) is 16.8 Å². The van der Waals surface area contributed by atoms with Crippen molar-refractivity contribution in [2.24, 2.45) is 11.7 Å². The Morgan fingerprint density at radius 1 is 1.43 bits per heavy atom. The van der Waals surface area contributed by atoms with Gasteiger partial charge in [-0.25, -0.2) is 0 Å². The fourth-order valence-electron chi connectivity index (χ4n) is 1.05. The lowest BCUT2D eigenvalue weighted by Crippen LogP contribution is -2.36. The highest BCUT2D eigenvalue weighted by Gasteiger charge is 2.13. The molecule has 0 fully saturated rings. The molecule has 0 aliphatic carbocycles. The number of rotatable bonds is 7. The normalized spacial score (nSPS) is 12.1. The SMILES string of the molecule is CCCCCCNC(=O)C(C)C(N)=S. The number of carbonyl (C=O) groups excluding carboxylic acids is 1. The van der Waals surface area contributed by atoms with Crippen LogP contribution >= 0.6 is 12.2 Å². The Hall–Kier alpha value is -0.640. The molecule has 1 unspecified atom stereocenters. The largest absolute Gasteiger partial charge is 0.393 e. The van der Waals surface area contributed by atoms with Crippen LogP contribution < -0.4 is 11.1 Å². The molecule has 0 spiro atoms. The Labute approximate surface area is 91.4 Å². The minimum absolute atomic E-state index is 0.0611. The molecule has 0 radical (unpaired) electrons. The second-order valence-electron chi connectivity index (χ2n) is 3.48. The first-order chi connectivity index (χ1) is 6.59. The minimum atomic E-state index is -0.351. The molecule has 3 nitrogen and oxygen atoms in total. The van der Waals surface area contributed by atoms with Crippen LogP contribution in [0.3, 0.4) is 0 Å². The summed E-state index contributed by atoms with van der Waals surface area (Å²) in [6, 6.07) is 0. The molecule has 1 amide bonds. The standard InChI is InChI=1S/C10H20N2OS/c1-3-4-5-6-7-12-10(13)8(2)9(11)14/h8H,3-7H2,1-2H3,(H2,11,14)(H,12,13). The maximum Gasteiger partial charge on any atom is 0.229 e. The molecule has 14 heavy (non-hydrogen) atoms. The summed E-state index contributed by atoms with van der Waals surface area (Å²) in [6.45, 7) is 4.61. The van der Waals surface area contributed by atoms with Crippen molar-refractivity contribution < 1.29 is 4.79 Å². The summed E-state index contributed by atoms with van der Waals surface area (Å²) in [4.78, 5) is 11.6. The molecule has 0 saturated carbocycles. The van der Waals surface area contributed by atoms with Gasteiger partial charge in [-0.05, 0) is 13.3 Å². The number of unbranched alkanes of at least 4 members (excludes halogenated alkanes) is 3. The smallest absolute Gasteiger partial charge is 0.229 e. The van der Waals surface area contributed by atoms with Crippen molar-refractivity contribution in [3.63, 3.8) is 0 Å². The number of hydrogen-bond acceptors (Lipinski definition) is 2. The van der Waals surface area contributed by atoms with Gasteiger partial charge in [0, 0.05) is 6.54 Å². The van der Waals surface area contributed by atoms with Gasteiger partial charge in [-0.15, -0.1) is 0 Å². The Morgan fingerprint density at radius 2 is 2.07 bits per heavy atom. The Bertz CT molecular complexity index is 195. The van der Waals surface area contributed by atoms with Crippen LogP contribution in [0, 0.1) is 5.92 Å². The monoisotopic (exact) mass is 216 g/mol. The van der Waals surface area contributed by atoms with Gasteiger partial charge in [0.1, 0.15) is 0 Å². The highest BCUT2D eigenvalue weighted by molar-refractivity contribution is 7.80. The van der Waals surface area contributed by atoms with E-state index in [0.717, 1.165) is 19.4 Å². The molecule has 3 N–H and O–H groups in total. The summed E-state index contributed by atoms with van der Waals surface area (Å²) in [7, 11) is 0. The van der Waals surface area contributed by atoms with E-state index < -0.39 is 0 Å². The zero-order valence-electron chi connectivity index (χ0n) is 9.01. The molecule has 0 aromatic heterocycles.